The molecule has 1 aromatic heterocycles. The molecule has 6 heteroatoms. The van der Waals surface area contributed by atoms with E-state index in [-0.39, 0.29) is 5.91 Å². The summed E-state index contributed by atoms with van der Waals surface area (Å²) in [5.74, 6) is 0.589. The first-order valence-corrected chi connectivity index (χ1v) is 12.5. The number of methoxy groups -OCH3 is 1. The smallest absolute Gasteiger partial charge is 0.237 e. The SMILES string of the molecule is COc1ccc(-c2cc(-c3ccccc3)nc(S[C@@H](C)C(=O)Nc3ccc(C)c(C)c3)c2C#N)cc1. The number of aromatic nitrogens is 1. The minimum absolute atomic E-state index is 0.148. The third-order valence-electron chi connectivity index (χ3n) is 6.00. The Balaban J connectivity index is 1.71. The van der Waals surface area contributed by atoms with Gasteiger partial charge in [0.2, 0.25) is 5.91 Å². The summed E-state index contributed by atoms with van der Waals surface area (Å²) in [7, 11) is 1.62. The van der Waals surface area contributed by atoms with E-state index >= 15 is 0 Å². The van der Waals surface area contributed by atoms with Crippen LogP contribution in [-0.2, 0) is 4.79 Å². The highest BCUT2D eigenvalue weighted by Gasteiger charge is 2.21. The van der Waals surface area contributed by atoms with Crippen LogP contribution in [0.15, 0.2) is 83.9 Å². The predicted molar refractivity (Wildman–Crippen MR) is 146 cm³/mol. The summed E-state index contributed by atoms with van der Waals surface area (Å²) in [5.41, 5.74) is 6.79. The summed E-state index contributed by atoms with van der Waals surface area (Å²) in [5, 5.41) is 13.2. The number of hydrogen-bond acceptors (Lipinski definition) is 5. The maximum Gasteiger partial charge on any atom is 0.237 e. The molecule has 0 fully saturated rings. The van der Waals surface area contributed by atoms with E-state index < -0.39 is 5.25 Å². The molecular weight excluding hydrogens is 466 g/mol. The van der Waals surface area contributed by atoms with Crippen molar-refractivity contribution in [3.63, 3.8) is 0 Å². The Bertz CT molecular complexity index is 1430. The van der Waals surface area contributed by atoms with Crippen molar-refractivity contribution in [3.8, 4) is 34.2 Å². The number of nitriles is 1. The number of rotatable bonds is 7. The summed E-state index contributed by atoms with van der Waals surface area (Å²) >= 11 is 1.28. The molecule has 1 atom stereocenters. The lowest BCUT2D eigenvalue weighted by Crippen LogP contribution is -2.22. The van der Waals surface area contributed by atoms with E-state index in [1.165, 1.54) is 17.3 Å². The van der Waals surface area contributed by atoms with Gasteiger partial charge in [-0.15, -0.1) is 0 Å². The maximum atomic E-state index is 13.0. The minimum Gasteiger partial charge on any atom is -0.497 e. The third-order valence-corrected chi connectivity index (χ3v) is 7.09. The molecule has 0 saturated carbocycles. The third kappa shape index (κ3) is 5.59. The van der Waals surface area contributed by atoms with Crippen LogP contribution < -0.4 is 10.1 Å². The molecule has 4 aromatic rings. The number of anilines is 1. The number of benzene rings is 3. The largest absolute Gasteiger partial charge is 0.497 e. The zero-order valence-electron chi connectivity index (χ0n) is 20.7. The van der Waals surface area contributed by atoms with Gasteiger partial charge in [0.1, 0.15) is 16.8 Å². The standard InChI is InChI=1S/C30H27N3O2S/c1-19-10-13-24(16-20(19)2)32-29(34)21(3)36-30-27(18-31)26(22-11-14-25(35-4)15-12-22)17-28(33-30)23-8-6-5-7-9-23/h5-17,21H,1-4H3,(H,32,34)/t21-/m0/s1. The molecule has 0 bridgehead atoms. The number of aryl methyl sites for hydroxylation is 2. The first kappa shape index (κ1) is 25.0. The second kappa shape index (κ2) is 11.1. The van der Waals surface area contributed by atoms with Gasteiger partial charge in [-0.1, -0.05) is 60.3 Å². The van der Waals surface area contributed by atoms with Crippen molar-refractivity contribution in [1.29, 1.82) is 5.26 Å². The fourth-order valence-corrected chi connectivity index (χ4v) is 4.68. The van der Waals surface area contributed by atoms with Gasteiger partial charge in [-0.25, -0.2) is 4.98 Å². The molecule has 0 spiro atoms. The average Bonchev–Trinajstić information content (AvgIpc) is 2.90. The number of carbonyl (C=O) groups is 1. The molecule has 0 radical (unpaired) electrons. The van der Waals surface area contributed by atoms with E-state index in [1.54, 1.807) is 7.11 Å². The molecule has 0 aliphatic rings. The van der Waals surface area contributed by atoms with Crippen LogP contribution in [-0.4, -0.2) is 23.3 Å². The van der Waals surface area contributed by atoms with E-state index in [0.717, 1.165) is 39.4 Å². The van der Waals surface area contributed by atoms with Crippen molar-refractivity contribution in [2.24, 2.45) is 0 Å². The molecule has 36 heavy (non-hydrogen) atoms. The molecule has 0 unspecified atom stereocenters. The van der Waals surface area contributed by atoms with Crippen LogP contribution in [0.3, 0.4) is 0 Å². The minimum atomic E-state index is -0.471. The quantitative estimate of drug-likeness (QED) is 0.280. The second-order valence-corrected chi connectivity index (χ2v) is 9.82. The van der Waals surface area contributed by atoms with Crippen LogP contribution in [0, 0.1) is 25.2 Å². The summed E-state index contributed by atoms with van der Waals surface area (Å²) in [6, 6.07) is 27.5. The fourth-order valence-electron chi connectivity index (χ4n) is 3.75. The lowest BCUT2D eigenvalue weighted by atomic mass is 9.99. The monoisotopic (exact) mass is 493 g/mol. The normalized spacial score (nSPS) is 11.4. The molecule has 180 valence electrons. The molecule has 0 aliphatic heterocycles. The van der Waals surface area contributed by atoms with Crippen molar-refractivity contribution in [2.75, 3.05) is 12.4 Å². The van der Waals surface area contributed by atoms with Gasteiger partial charge >= 0.3 is 0 Å². The molecule has 4 rings (SSSR count). The number of ether oxygens (including phenoxy) is 1. The molecule has 0 aliphatic carbocycles. The van der Waals surface area contributed by atoms with Crippen molar-refractivity contribution in [1.82, 2.24) is 4.98 Å². The van der Waals surface area contributed by atoms with Crippen LogP contribution >= 0.6 is 11.8 Å². The summed E-state index contributed by atoms with van der Waals surface area (Å²) in [4.78, 5) is 17.9. The van der Waals surface area contributed by atoms with Gasteiger partial charge in [-0.05, 0) is 67.8 Å². The lowest BCUT2D eigenvalue weighted by molar-refractivity contribution is -0.115. The molecule has 1 N–H and O–H groups in total. The van der Waals surface area contributed by atoms with E-state index in [0.29, 0.717) is 10.6 Å². The first-order valence-electron chi connectivity index (χ1n) is 11.6. The Morgan fingerprint density at radius 3 is 2.33 bits per heavy atom. The average molecular weight is 494 g/mol. The summed E-state index contributed by atoms with van der Waals surface area (Å²) < 4.78 is 5.29. The topological polar surface area (TPSA) is 75.0 Å². The maximum absolute atomic E-state index is 13.0. The van der Waals surface area contributed by atoms with Crippen LogP contribution in [0.1, 0.15) is 23.6 Å². The van der Waals surface area contributed by atoms with E-state index in [9.17, 15) is 10.1 Å². The highest BCUT2D eigenvalue weighted by atomic mass is 32.2. The second-order valence-electron chi connectivity index (χ2n) is 8.49. The van der Waals surface area contributed by atoms with Gasteiger partial charge in [-0.3, -0.25) is 4.79 Å². The highest BCUT2D eigenvalue weighted by Crippen LogP contribution is 2.36. The number of pyridine rings is 1. The van der Waals surface area contributed by atoms with Gasteiger partial charge in [-0.2, -0.15) is 5.26 Å². The number of amides is 1. The van der Waals surface area contributed by atoms with Crippen LogP contribution in [0.5, 0.6) is 5.75 Å². The molecule has 5 nitrogen and oxygen atoms in total. The lowest BCUT2D eigenvalue weighted by Gasteiger charge is -2.16. The Morgan fingerprint density at radius 1 is 0.972 bits per heavy atom. The number of thioether (sulfide) groups is 1. The van der Waals surface area contributed by atoms with Gasteiger partial charge in [0, 0.05) is 16.8 Å². The molecule has 0 saturated heterocycles. The zero-order valence-corrected chi connectivity index (χ0v) is 21.5. The highest BCUT2D eigenvalue weighted by molar-refractivity contribution is 8.00. The zero-order chi connectivity index (χ0) is 25.7. The molecule has 1 heterocycles. The van der Waals surface area contributed by atoms with Gasteiger partial charge in [0.15, 0.2) is 0 Å². The van der Waals surface area contributed by atoms with E-state index in [4.69, 9.17) is 9.72 Å². The Hall–Kier alpha value is -4.08. The van der Waals surface area contributed by atoms with E-state index in [2.05, 4.69) is 11.4 Å². The number of nitrogens with zero attached hydrogens (tertiary/aromatic N) is 2. The Labute approximate surface area is 216 Å². The van der Waals surface area contributed by atoms with Crippen molar-refractivity contribution >= 4 is 23.4 Å². The number of nitrogens with one attached hydrogen (secondary N) is 1. The van der Waals surface area contributed by atoms with Gasteiger partial charge in [0.05, 0.1) is 23.6 Å². The van der Waals surface area contributed by atoms with Crippen molar-refractivity contribution in [3.05, 3.63) is 95.6 Å². The number of carbonyl (C=O) groups excluding carboxylic acids is 1. The van der Waals surface area contributed by atoms with Crippen molar-refractivity contribution < 1.29 is 9.53 Å². The van der Waals surface area contributed by atoms with E-state index in [1.807, 2.05) is 99.6 Å². The van der Waals surface area contributed by atoms with Gasteiger partial charge in [0.25, 0.3) is 0 Å². The van der Waals surface area contributed by atoms with Crippen LogP contribution in [0.4, 0.5) is 5.69 Å². The van der Waals surface area contributed by atoms with Crippen LogP contribution in [0.2, 0.25) is 0 Å². The van der Waals surface area contributed by atoms with Crippen molar-refractivity contribution in [2.45, 2.75) is 31.0 Å². The Kier molecular flexibility index (Phi) is 7.72. The molecule has 1 amide bonds. The number of hydrogen-bond donors (Lipinski definition) is 1. The molecular formula is C30H27N3O2S. The first-order chi connectivity index (χ1) is 17.4. The van der Waals surface area contributed by atoms with Gasteiger partial charge < -0.3 is 10.1 Å². The summed E-state index contributed by atoms with van der Waals surface area (Å²) in [6.45, 7) is 5.88. The Morgan fingerprint density at radius 2 is 1.69 bits per heavy atom. The summed E-state index contributed by atoms with van der Waals surface area (Å²) in [6.07, 6.45) is 0. The predicted octanol–water partition coefficient (Wildman–Crippen LogP) is 7.03. The molecule has 3 aromatic carbocycles. The fraction of sp³-hybridized carbons (Fsp3) is 0.167. The van der Waals surface area contributed by atoms with Crippen LogP contribution in [0.25, 0.3) is 22.4 Å².